The number of hydrogen-bond acceptors (Lipinski definition) is 2. The Hall–Kier alpha value is -1.86. The first-order valence-corrected chi connectivity index (χ1v) is 8.48. The average molecular weight is 343 g/mol. The minimum atomic E-state index is -4.48. The molecule has 0 saturated heterocycles. The lowest BCUT2D eigenvalue weighted by Crippen LogP contribution is -2.25. The summed E-state index contributed by atoms with van der Waals surface area (Å²) in [5.74, 6) is 0. The van der Waals surface area contributed by atoms with Crippen LogP contribution < -0.4 is 4.72 Å². The van der Waals surface area contributed by atoms with Gasteiger partial charge < -0.3 is 0 Å². The molecule has 124 valence electrons. The minimum absolute atomic E-state index is 0.176. The lowest BCUT2D eigenvalue weighted by Gasteiger charge is -2.09. The topological polar surface area (TPSA) is 46.2 Å². The zero-order chi connectivity index (χ0) is 16.9. The lowest BCUT2D eigenvalue weighted by molar-refractivity contribution is -0.137. The fourth-order valence-electron chi connectivity index (χ4n) is 2.05. The Kier molecular flexibility index (Phi) is 5.43. The Labute approximate surface area is 133 Å². The van der Waals surface area contributed by atoms with Crippen molar-refractivity contribution >= 4 is 10.0 Å². The molecular formula is C16H16F3NO2S. The molecule has 0 amide bonds. The van der Waals surface area contributed by atoms with Gasteiger partial charge in [-0.15, -0.1) is 0 Å². The number of alkyl halides is 3. The number of halogens is 3. The molecule has 0 aliphatic heterocycles. The number of sulfonamides is 1. The van der Waals surface area contributed by atoms with Crippen LogP contribution in [-0.2, 0) is 22.6 Å². The van der Waals surface area contributed by atoms with E-state index in [1.54, 1.807) is 0 Å². The van der Waals surface area contributed by atoms with E-state index in [1.807, 2.05) is 30.3 Å². The normalized spacial score (nSPS) is 12.3. The van der Waals surface area contributed by atoms with E-state index < -0.39 is 21.8 Å². The largest absolute Gasteiger partial charge is 0.416 e. The van der Waals surface area contributed by atoms with Crippen molar-refractivity contribution in [2.45, 2.75) is 23.9 Å². The lowest BCUT2D eigenvalue weighted by atomic mass is 10.1. The van der Waals surface area contributed by atoms with Gasteiger partial charge in [-0.1, -0.05) is 30.3 Å². The fourth-order valence-corrected chi connectivity index (χ4v) is 3.12. The average Bonchev–Trinajstić information content (AvgIpc) is 2.52. The van der Waals surface area contributed by atoms with Gasteiger partial charge in [0, 0.05) is 6.54 Å². The number of hydrogen-bond donors (Lipinski definition) is 1. The molecule has 0 aromatic heterocycles. The summed E-state index contributed by atoms with van der Waals surface area (Å²) in [5, 5.41) is 0. The van der Waals surface area contributed by atoms with Crippen molar-refractivity contribution < 1.29 is 21.6 Å². The van der Waals surface area contributed by atoms with Crippen LogP contribution in [0.4, 0.5) is 13.2 Å². The van der Waals surface area contributed by atoms with E-state index in [1.165, 1.54) is 0 Å². The summed E-state index contributed by atoms with van der Waals surface area (Å²) in [4.78, 5) is -0.176. The zero-order valence-corrected chi connectivity index (χ0v) is 13.0. The summed E-state index contributed by atoms with van der Waals surface area (Å²) in [5.41, 5.74) is 0.224. The Morgan fingerprint density at radius 3 is 2.09 bits per heavy atom. The second kappa shape index (κ2) is 7.14. The molecule has 0 aliphatic rings. The monoisotopic (exact) mass is 343 g/mol. The fraction of sp³-hybridized carbons (Fsp3) is 0.250. The first kappa shape index (κ1) is 17.5. The van der Waals surface area contributed by atoms with Crippen molar-refractivity contribution in [2.75, 3.05) is 6.54 Å². The number of aryl methyl sites for hydroxylation is 1. The number of rotatable bonds is 6. The highest BCUT2D eigenvalue weighted by Gasteiger charge is 2.30. The molecule has 7 heteroatoms. The van der Waals surface area contributed by atoms with Gasteiger partial charge in [0.25, 0.3) is 0 Å². The van der Waals surface area contributed by atoms with Crippen LogP contribution in [0.15, 0.2) is 59.5 Å². The molecule has 2 aromatic carbocycles. The molecule has 2 aromatic rings. The molecule has 1 N–H and O–H groups in total. The van der Waals surface area contributed by atoms with Crippen LogP contribution in [0.5, 0.6) is 0 Å². The third-order valence-corrected chi connectivity index (χ3v) is 4.75. The summed E-state index contributed by atoms with van der Waals surface area (Å²) < 4.78 is 63.8. The summed E-state index contributed by atoms with van der Waals surface area (Å²) >= 11 is 0. The molecule has 0 fully saturated rings. The van der Waals surface area contributed by atoms with Crippen LogP contribution in [0, 0.1) is 0 Å². The predicted molar refractivity (Wildman–Crippen MR) is 81.4 cm³/mol. The van der Waals surface area contributed by atoms with Gasteiger partial charge in [-0.25, -0.2) is 13.1 Å². The summed E-state index contributed by atoms with van der Waals surface area (Å²) in [6.45, 7) is 0.220. The van der Waals surface area contributed by atoms with Gasteiger partial charge in [-0.2, -0.15) is 13.2 Å². The van der Waals surface area contributed by atoms with Gasteiger partial charge in [-0.3, -0.25) is 0 Å². The highest BCUT2D eigenvalue weighted by Crippen LogP contribution is 2.29. The summed E-state index contributed by atoms with van der Waals surface area (Å²) in [6, 6.07) is 13.1. The molecular weight excluding hydrogens is 327 g/mol. The quantitative estimate of drug-likeness (QED) is 0.815. The van der Waals surface area contributed by atoms with Crippen LogP contribution in [0.2, 0.25) is 0 Å². The smallest absolute Gasteiger partial charge is 0.211 e. The molecule has 0 bridgehead atoms. The Balaban J connectivity index is 1.91. The molecule has 0 saturated carbocycles. The van der Waals surface area contributed by atoms with Crippen LogP contribution in [0.25, 0.3) is 0 Å². The molecule has 23 heavy (non-hydrogen) atoms. The zero-order valence-electron chi connectivity index (χ0n) is 12.2. The summed E-state index contributed by atoms with van der Waals surface area (Å²) in [6.07, 6.45) is -3.16. The molecule has 0 aliphatic carbocycles. The van der Waals surface area contributed by atoms with Gasteiger partial charge in [0.15, 0.2) is 0 Å². The van der Waals surface area contributed by atoms with Gasteiger partial charge >= 0.3 is 6.18 Å². The highest BCUT2D eigenvalue weighted by molar-refractivity contribution is 7.89. The maximum Gasteiger partial charge on any atom is 0.416 e. The second-order valence-corrected chi connectivity index (χ2v) is 6.78. The molecule has 0 unspecified atom stereocenters. The van der Waals surface area contributed by atoms with Gasteiger partial charge in [-0.05, 0) is 42.7 Å². The molecule has 0 atom stereocenters. The Morgan fingerprint density at radius 1 is 0.913 bits per heavy atom. The van der Waals surface area contributed by atoms with Gasteiger partial charge in [0.2, 0.25) is 10.0 Å². The predicted octanol–water partition coefficient (Wildman–Crippen LogP) is 3.62. The Bertz CT molecular complexity index is 726. The molecule has 0 radical (unpaired) electrons. The van der Waals surface area contributed by atoms with Crippen molar-refractivity contribution in [1.29, 1.82) is 0 Å². The van der Waals surface area contributed by atoms with E-state index in [-0.39, 0.29) is 11.4 Å². The maximum atomic E-state index is 12.5. The van der Waals surface area contributed by atoms with Crippen molar-refractivity contribution in [2.24, 2.45) is 0 Å². The van der Waals surface area contributed by atoms with E-state index in [2.05, 4.69) is 4.72 Å². The maximum absolute atomic E-state index is 12.5. The third kappa shape index (κ3) is 5.07. The van der Waals surface area contributed by atoms with E-state index in [0.717, 1.165) is 36.2 Å². The first-order valence-electron chi connectivity index (χ1n) is 7.00. The van der Waals surface area contributed by atoms with Crippen molar-refractivity contribution in [3.05, 3.63) is 65.7 Å². The summed E-state index contributed by atoms with van der Waals surface area (Å²) in [7, 11) is -3.79. The molecule has 0 heterocycles. The van der Waals surface area contributed by atoms with E-state index >= 15 is 0 Å². The van der Waals surface area contributed by atoms with Gasteiger partial charge in [0.1, 0.15) is 0 Å². The molecule has 2 rings (SSSR count). The number of nitrogens with one attached hydrogen (secondary N) is 1. The van der Waals surface area contributed by atoms with E-state index in [4.69, 9.17) is 0 Å². The van der Waals surface area contributed by atoms with Crippen LogP contribution >= 0.6 is 0 Å². The van der Waals surface area contributed by atoms with Crippen LogP contribution in [0.3, 0.4) is 0 Å². The van der Waals surface area contributed by atoms with Crippen LogP contribution in [-0.4, -0.2) is 15.0 Å². The van der Waals surface area contributed by atoms with E-state index in [0.29, 0.717) is 6.42 Å². The standard InChI is InChI=1S/C16H16F3NO2S/c17-16(18,19)14-8-10-15(11-9-14)23(21,22)20-12-4-7-13-5-2-1-3-6-13/h1-3,5-6,8-11,20H,4,7,12H2. The van der Waals surface area contributed by atoms with E-state index in [9.17, 15) is 21.6 Å². The second-order valence-electron chi connectivity index (χ2n) is 5.01. The molecule has 0 spiro atoms. The van der Waals surface area contributed by atoms with Crippen molar-refractivity contribution in [3.63, 3.8) is 0 Å². The Morgan fingerprint density at radius 2 is 1.52 bits per heavy atom. The SMILES string of the molecule is O=S(=O)(NCCCc1ccccc1)c1ccc(C(F)(F)F)cc1. The van der Waals surface area contributed by atoms with Crippen molar-refractivity contribution in [1.82, 2.24) is 4.72 Å². The van der Waals surface area contributed by atoms with Crippen LogP contribution in [0.1, 0.15) is 17.5 Å². The first-order chi connectivity index (χ1) is 10.8. The van der Waals surface area contributed by atoms with Gasteiger partial charge in [0.05, 0.1) is 10.5 Å². The third-order valence-electron chi connectivity index (χ3n) is 3.27. The van der Waals surface area contributed by atoms with Crippen molar-refractivity contribution in [3.8, 4) is 0 Å². The highest BCUT2D eigenvalue weighted by atomic mass is 32.2. The molecule has 3 nitrogen and oxygen atoms in total. The number of benzene rings is 2. The minimum Gasteiger partial charge on any atom is -0.211 e.